The highest BCUT2D eigenvalue weighted by Gasteiger charge is 2.15. The average molecular weight is 371 g/mol. The Hall–Kier alpha value is -3.22. The lowest BCUT2D eigenvalue weighted by atomic mass is 9.87. The van der Waals surface area contributed by atoms with Gasteiger partial charge in [0.1, 0.15) is 5.82 Å². The Bertz CT molecular complexity index is 842. The van der Waals surface area contributed by atoms with Gasteiger partial charge in [-0.3, -0.25) is 25.2 Å². The summed E-state index contributed by atoms with van der Waals surface area (Å²) in [6.07, 6.45) is 0. The highest BCUT2D eigenvalue weighted by Crippen LogP contribution is 2.22. The van der Waals surface area contributed by atoms with Gasteiger partial charge in [-0.2, -0.15) is 0 Å². The monoisotopic (exact) mass is 371 g/mol. The first-order chi connectivity index (χ1) is 12.7. The van der Waals surface area contributed by atoms with Crippen molar-refractivity contribution in [2.45, 2.75) is 26.2 Å². The van der Waals surface area contributed by atoms with Crippen molar-refractivity contribution in [2.24, 2.45) is 0 Å². The van der Waals surface area contributed by atoms with E-state index in [9.17, 15) is 18.8 Å². The number of halogens is 1. The standard InChI is InChI=1S/C20H22FN3O3/c1-20(2,3)14-10-8-13(9-11-14)18(26)24-23-17(25)12-22-19(27)15-6-4-5-7-16(15)21/h4-11H,12H2,1-3H3,(H,22,27)(H,23,25)(H,24,26). The summed E-state index contributed by atoms with van der Waals surface area (Å²) in [7, 11) is 0. The highest BCUT2D eigenvalue weighted by atomic mass is 19.1. The van der Waals surface area contributed by atoms with Crippen LogP contribution in [0.1, 0.15) is 47.1 Å². The van der Waals surface area contributed by atoms with Gasteiger partial charge in [-0.25, -0.2) is 4.39 Å². The third kappa shape index (κ3) is 5.64. The number of rotatable bonds is 4. The fourth-order valence-corrected chi connectivity index (χ4v) is 2.27. The first kappa shape index (κ1) is 20.1. The molecule has 0 heterocycles. The van der Waals surface area contributed by atoms with Crippen molar-refractivity contribution in [1.82, 2.24) is 16.2 Å². The Morgan fingerprint density at radius 1 is 0.889 bits per heavy atom. The van der Waals surface area contributed by atoms with E-state index in [1.165, 1.54) is 18.2 Å². The van der Waals surface area contributed by atoms with E-state index in [0.29, 0.717) is 5.56 Å². The van der Waals surface area contributed by atoms with Crippen LogP contribution in [0.4, 0.5) is 4.39 Å². The molecule has 0 saturated heterocycles. The molecule has 0 aromatic heterocycles. The van der Waals surface area contributed by atoms with Crippen LogP contribution in [0, 0.1) is 5.82 Å². The van der Waals surface area contributed by atoms with Crippen LogP contribution in [0.15, 0.2) is 48.5 Å². The molecule has 3 N–H and O–H groups in total. The molecule has 142 valence electrons. The number of carbonyl (C=O) groups is 3. The first-order valence-corrected chi connectivity index (χ1v) is 8.41. The van der Waals surface area contributed by atoms with Crippen molar-refractivity contribution in [1.29, 1.82) is 0 Å². The van der Waals surface area contributed by atoms with Gasteiger partial charge >= 0.3 is 0 Å². The Morgan fingerprint density at radius 3 is 2.11 bits per heavy atom. The largest absolute Gasteiger partial charge is 0.343 e. The number of nitrogens with one attached hydrogen (secondary N) is 3. The molecule has 0 aliphatic rings. The van der Waals surface area contributed by atoms with Gasteiger partial charge in [0.25, 0.3) is 17.7 Å². The van der Waals surface area contributed by atoms with Gasteiger partial charge in [0, 0.05) is 5.56 Å². The van der Waals surface area contributed by atoms with Crippen LogP contribution in [0.3, 0.4) is 0 Å². The molecule has 0 radical (unpaired) electrons. The zero-order valence-corrected chi connectivity index (χ0v) is 15.4. The van der Waals surface area contributed by atoms with Crippen LogP contribution in [-0.4, -0.2) is 24.3 Å². The molecule has 2 aromatic rings. The smallest absolute Gasteiger partial charge is 0.269 e. The quantitative estimate of drug-likeness (QED) is 0.721. The Kier molecular flexibility index (Phi) is 6.28. The van der Waals surface area contributed by atoms with E-state index in [-0.39, 0.29) is 11.0 Å². The number of hydrogen-bond acceptors (Lipinski definition) is 3. The Balaban J connectivity index is 1.82. The van der Waals surface area contributed by atoms with E-state index in [0.717, 1.165) is 11.6 Å². The molecule has 0 unspecified atom stereocenters. The molecular formula is C20H22FN3O3. The number of hydrogen-bond donors (Lipinski definition) is 3. The van der Waals surface area contributed by atoms with Crippen LogP contribution in [0.2, 0.25) is 0 Å². The summed E-state index contributed by atoms with van der Waals surface area (Å²) in [5.41, 5.74) is 5.75. The van der Waals surface area contributed by atoms with Crippen molar-refractivity contribution in [2.75, 3.05) is 6.54 Å². The molecule has 7 heteroatoms. The summed E-state index contributed by atoms with van der Waals surface area (Å²) < 4.78 is 13.5. The van der Waals surface area contributed by atoms with Crippen molar-refractivity contribution in [3.05, 3.63) is 71.0 Å². The van der Waals surface area contributed by atoms with Gasteiger partial charge in [0.2, 0.25) is 0 Å². The third-order valence-electron chi connectivity index (χ3n) is 3.86. The maximum atomic E-state index is 13.5. The van der Waals surface area contributed by atoms with Crippen LogP contribution >= 0.6 is 0 Å². The van der Waals surface area contributed by atoms with E-state index in [1.54, 1.807) is 12.1 Å². The molecule has 0 bridgehead atoms. The second kappa shape index (κ2) is 8.44. The normalized spacial score (nSPS) is 10.8. The summed E-state index contributed by atoms with van der Waals surface area (Å²) in [4.78, 5) is 35.6. The molecule has 0 spiro atoms. The summed E-state index contributed by atoms with van der Waals surface area (Å²) >= 11 is 0. The van der Waals surface area contributed by atoms with Crippen LogP contribution in [0.25, 0.3) is 0 Å². The molecule has 2 aromatic carbocycles. The van der Waals surface area contributed by atoms with E-state index < -0.39 is 30.1 Å². The Morgan fingerprint density at radius 2 is 1.52 bits per heavy atom. The molecular weight excluding hydrogens is 349 g/mol. The predicted octanol–water partition coefficient (Wildman–Crippen LogP) is 2.31. The maximum absolute atomic E-state index is 13.5. The van der Waals surface area contributed by atoms with Crippen molar-refractivity contribution in [3.8, 4) is 0 Å². The van der Waals surface area contributed by atoms with Gasteiger partial charge in [-0.15, -0.1) is 0 Å². The van der Waals surface area contributed by atoms with Crippen LogP contribution in [-0.2, 0) is 10.2 Å². The summed E-state index contributed by atoms with van der Waals surface area (Å²) in [6.45, 7) is 5.80. The molecule has 0 atom stereocenters. The third-order valence-corrected chi connectivity index (χ3v) is 3.86. The Labute approximate surface area is 157 Å². The van der Waals surface area contributed by atoms with Gasteiger partial charge in [-0.05, 0) is 35.2 Å². The predicted molar refractivity (Wildman–Crippen MR) is 99.5 cm³/mol. The van der Waals surface area contributed by atoms with Crippen LogP contribution in [0.5, 0.6) is 0 Å². The topological polar surface area (TPSA) is 87.3 Å². The number of amides is 3. The van der Waals surface area contributed by atoms with Crippen LogP contribution < -0.4 is 16.2 Å². The number of hydrazine groups is 1. The molecule has 0 aliphatic carbocycles. The van der Waals surface area contributed by atoms with Crippen molar-refractivity contribution in [3.63, 3.8) is 0 Å². The van der Waals surface area contributed by atoms with Gasteiger partial charge in [0.05, 0.1) is 12.1 Å². The first-order valence-electron chi connectivity index (χ1n) is 8.41. The molecule has 2 rings (SSSR count). The molecule has 6 nitrogen and oxygen atoms in total. The number of benzene rings is 2. The lowest BCUT2D eigenvalue weighted by Crippen LogP contribution is -2.46. The molecule has 0 aliphatic heterocycles. The average Bonchev–Trinajstić information content (AvgIpc) is 2.64. The van der Waals surface area contributed by atoms with E-state index in [1.807, 2.05) is 12.1 Å². The van der Waals surface area contributed by atoms with Gasteiger partial charge < -0.3 is 5.32 Å². The van der Waals surface area contributed by atoms with Crippen molar-refractivity contribution >= 4 is 17.7 Å². The van der Waals surface area contributed by atoms with Gasteiger partial charge in [-0.1, -0.05) is 45.0 Å². The highest BCUT2D eigenvalue weighted by molar-refractivity contribution is 5.98. The fraction of sp³-hybridized carbons (Fsp3) is 0.250. The van der Waals surface area contributed by atoms with E-state index in [4.69, 9.17) is 0 Å². The minimum Gasteiger partial charge on any atom is -0.343 e. The van der Waals surface area contributed by atoms with E-state index in [2.05, 4.69) is 36.9 Å². The molecule has 0 fully saturated rings. The molecule has 0 saturated carbocycles. The lowest BCUT2D eigenvalue weighted by Gasteiger charge is -2.19. The number of carbonyl (C=O) groups excluding carboxylic acids is 3. The summed E-state index contributed by atoms with van der Waals surface area (Å²) in [5.74, 6) is -2.52. The second-order valence-electron chi connectivity index (χ2n) is 6.99. The maximum Gasteiger partial charge on any atom is 0.269 e. The fourth-order valence-electron chi connectivity index (χ4n) is 2.27. The molecule has 27 heavy (non-hydrogen) atoms. The minimum atomic E-state index is -0.715. The minimum absolute atomic E-state index is 0.0281. The lowest BCUT2D eigenvalue weighted by molar-refractivity contribution is -0.120. The van der Waals surface area contributed by atoms with Crippen molar-refractivity contribution < 1.29 is 18.8 Å². The second-order valence-corrected chi connectivity index (χ2v) is 6.99. The van der Waals surface area contributed by atoms with E-state index >= 15 is 0 Å². The SMILES string of the molecule is CC(C)(C)c1ccc(C(=O)NNC(=O)CNC(=O)c2ccccc2F)cc1. The van der Waals surface area contributed by atoms with Gasteiger partial charge in [0.15, 0.2) is 0 Å². The summed E-state index contributed by atoms with van der Waals surface area (Å²) in [5, 5.41) is 2.28. The summed E-state index contributed by atoms with van der Waals surface area (Å²) in [6, 6.07) is 12.5. The zero-order chi connectivity index (χ0) is 20.0. The zero-order valence-electron chi connectivity index (χ0n) is 15.4. The molecule has 3 amide bonds.